The number of carbonyl (C=O) groups is 3. The van der Waals surface area contributed by atoms with Gasteiger partial charge < -0.3 is 19.5 Å². The Morgan fingerprint density at radius 3 is 2.50 bits per heavy atom. The molecule has 5 aromatic rings. The van der Waals surface area contributed by atoms with Crippen molar-refractivity contribution in [1.29, 1.82) is 0 Å². The number of pyridine rings is 1. The molecule has 0 bridgehead atoms. The zero-order valence-corrected chi connectivity index (χ0v) is 34.9. The van der Waals surface area contributed by atoms with Crippen molar-refractivity contribution in [3.8, 4) is 11.1 Å². The lowest BCUT2D eigenvalue weighted by molar-refractivity contribution is -0.145. The highest BCUT2D eigenvalue weighted by molar-refractivity contribution is 7.22. The number of hydrogen-bond donors (Lipinski definition) is 2. The molecule has 2 aliphatic rings. The maximum absolute atomic E-state index is 13.7. The Kier molecular flexibility index (Phi) is 12.6. The summed E-state index contributed by atoms with van der Waals surface area (Å²) in [6, 6.07) is 21.9. The first kappa shape index (κ1) is 41.0. The molecule has 0 spiro atoms. The van der Waals surface area contributed by atoms with Crippen LogP contribution < -0.4 is 10.2 Å². The van der Waals surface area contributed by atoms with Gasteiger partial charge in [0.25, 0.3) is 5.91 Å². The number of nitrogens with one attached hydrogen (secondary N) is 1. The van der Waals surface area contributed by atoms with Crippen molar-refractivity contribution in [3.05, 3.63) is 106 Å². The van der Waals surface area contributed by atoms with Crippen molar-refractivity contribution in [3.63, 3.8) is 0 Å². The van der Waals surface area contributed by atoms with E-state index in [1.54, 1.807) is 0 Å². The Hall–Kier alpha value is -5.17. The van der Waals surface area contributed by atoms with Gasteiger partial charge in [-0.25, -0.2) is 14.8 Å². The molecule has 12 heteroatoms. The standard InChI is InChI=1S/C46H53N5O6S/c1-6-56-40(52)28-50-21-19-32(20-22-50)57-24-10-11-30-16-17-33(29(2)25-30)41-36(46(3,4)5)26-39(48-42(41)44(54)55)51-23-18-31-12-9-13-34(35(31)27-51)43(53)49-45-47-37-14-7-8-15-38(37)58-45/h7-9,12-17,25-26,32H,6,10-11,18-24,27-28H2,1-5H3,(H,54,55)(H,47,49,53). The van der Waals surface area contributed by atoms with Gasteiger partial charge in [-0.3, -0.25) is 19.8 Å². The molecule has 4 heterocycles. The van der Waals surface area contributed by atoms with Gasteiger partial charge >= 0.3 is 11.9 Å². The van der Waals surface area contributed by atoms with Gasteiger partial charge in [0, 0.05) is 43.9 Å². The van der Waals surface area contributed by atoms with E-state index in [2.05, 4.69) is 59.1 Å². The highest BCUT2D eigenvalue weighted by Crippen LogP contribution is 2.40. The minimum Gasteiger partial charge on any atom is -0.476 e. The monoisotopic (exact) mass is 803 g/mol. The first-order valence-corrected chi connectivity index (χ1v) is 21.1. The molecule has 304 valence electrons. The quantitative estimate of drug-likeness (QED) is 0.0883. The van der Waals surface area contributed by atoms with Gasteiger partial charge in [0.1, 0.15) is 5.82 Å². The number of thiazole rings is 1. The number of aromatic nitrogens is 2. The van der Waals surface area contributed by atoms with Gasteiger partial charge in [-0.2, -0.15) is 0 Å². The molecule has 58 heavy (non-hydrogen) atoms. The summed E-state index contributed by atoms with van der Waals surface area (Å²) in [7, 11) is 0. The van der Waals surface area contributed by atoms with Crippen molar-refractivity contribution in [2.75, 3.05) is 49.6 Å². The third kappa shape index (κ3) is 9.41. The van der Waals surface area contributed by atoms with Crippen LogP contribution in [0.4, 0.5) is 10.9 Å². The van der Waals surface area contributed by atoms with E-state index >= 15 is 0 Å². The molecule has 0 atom stereocenters. The van der Waals surface area contributed by atoms with Crippen molar-refractivity contribution in [2.45, 2.75) is 84.8 Å². The van der Waals surface area contributed by atoms with Crippen molar-refractivity contribution in [2.24, 2.45) is 0 Å². The number of aryl methyl sites for hydroxylation is 2. The number of aromatic carboxylic acids is 1. The van der Waals surface area contributed by atoms with E-state index in [1.165, 1.54) is 16.9 Å². The second-order valence-electron chi connectivity index (χ2n) is 16.3. The summed E-state index contributed by atoms with van der Waals surface area (Å²) in [4.78, 5) is 52.3. The number of piperidine rings is 1. The van der Waals surface area contributed by atoms with E-state index in [0.717, 1.165) is 76.8 Å². The lowest BCUT2D eigenvalue weighted by Crippen LogP contribution is -2.40. The van der Waals surface area contributed by atoms with Crippen LogP contribution in [0.25, 0.3) is 21.3 Å². The van der Waals surface area contributed by atoms with Crippen LogP contribution in [0.15, 0.2) is 66.7 Å². The smallest absolute Gasteiger partial charge is 0.355 e. The highest BCUT2D eigenvalue weighted by Gasteiger charge is 2.31. The van der Waals surface area contributed by atoms with Crippen molar-refractivity contribution >= 4 is 50.3 Å². The number of amides is 1. The normalized spacial score (nSPS) is 15.0. The number of nitrogens with zero attached hydrogens (tertiary/aromatic N) is 4. The Labute approximate surface area is 344 Å². The summed E-state index contributed by atoms with van der Waals surface area (Å²) < 4.78 is 12.3. The molecule has 11 nitrogen and oxygen atoms in total. The molecule has 0 saturated carbocycles. The Balaban J connectivity index is 1.06. The summed E-state index contributed by atoms with van der Waals surface area (Å²) in [5.74, 6) is -0.895. The number of ether oxygens (including phenoxy) is 2. The largest absolute Gasteiger partial charge is 0.476 e. The van der Waals surface area contributed by atoms with Crippen LogP contribution in [0.5, 0.6) is 0 Å². The molecule has 1 fully saturated rings. The van der Waals surface area contributed by atoms with Crippen LogP contribution in [0.1, 0.15) is 95.6 Å². The van der Waals surface area contributed by atoms with Gasteiger partial charge in [0.05, 0.1) is 29.5 Å². The van der Waals surface area contributed by atoms with Crippen LogP contribution in [-0.2, 0) is 39.1 Å². The summed E-state index contributed by atoms with van der Waals surface area (Å²) in [6.07, 6.45) is 4.40. The van der Waals surface area contributed by atoms with E-state index in [1.807, 2.05) is 62.4 Å². The topological polar surface area (TPSA) is 134 Å². The number of likely N-dealkylation sites (tertiary alicyclic amines) is 1. The lowest BCUT2D eigenvalue weighted by atomic mass is 9.80. The number of carbonyl (C=O) groups excluding carboxylic acids is 2. The summed E-state index contributed by atoms with van der Waals surface area (Å²) in [5, 5.41) is 14.3. The Morgan fingerprint density at radius 1 is 0.983 bits per heavy atom. The van der Waals surface area contributed by atoms with Gasteiger partial charge in [-0.1, -0.05) is 74.6 Å². The molecule has 2 aromatic heterocycles. The number of anilines is 2. The molecular formula is C46H53N5O6S. The fraction of sp³-hybridized carbons (Fsp3) is 0.413. The average molecular weight is 804 g/mol. The molecule has 1 amide bonds. The molecule has 0 unspecified atom stereocenters. The second kappa shape index (κ2) is 17.8. The molecule has 2 aliphatic heterocycles. The molecular weight excluding hydrogens is 751 g/mol. The number of hydrogen-bond acceptors (Lipinski definition) is 10. The van der Waals surface area contributed by atoms with Crippen LogP contribution in [-0.4, -0.2) is 83.3 Å². The Morgan fingerprint density at radius 2 is 1.78 bits per heavy atom. The summed E-state index contributed by atoms with van der Waals surface area (Å²) in [5.41, 5.74) is 7.59. The van der Waals surface area contributed by atoms with Gasteiger partial charge in [0.15, 0.2) is 10.8 Å². The first-order chi connectivity index (χ1) is 27.9. The zero-order chi connectivity index (χ0) is 41.0. The lowest BCUT2D eigenvalue weighted by Gasteiger charge is -2.33. The predicted molar refractivity (Wildman–Crippen MR) is 229 cm³/mol. The molecule has 0 radical (unpaired) electrons. The fourth-order valence-electron chi connectivity index (χ4n) is 8.10. The molecule has 3 aromatic carbocycles. The van der Waals surface area contributed by atoms with Crippen LogP contribution in [0, 0.1) is 6.92 Å². The minimum atomic E-state index is -1.08. The maximum Gasteiger partial charge on any atom is 0.355 e. The summed E-state index contributed by atoms with van der Waals surface area (Å²) in [6.45, 7) is 14.3. The maximum atomic E-state index is 13.7. The number of fused-ring (bicyclic) bond motifs is 2. The SMILES string of the molecule is CCOC(=O)CN1CCC(OCCCc2ccc(-c3c(C(C)(C)C)cc(N4CCc5cccc(C(=O)Nc6nc7ccccc7s6)c5C4)nc3C(=O)O)c(C)c2)CC1. The number of rotatable bonds is 13. The van der Waals surface area contributed by atoms with Crippen LogP contribution >= 0.6 is 11.3 Å². The predicted octanol–water partition coefficient (Wildman–Crippen LogP) is 8.45. The van der Waals surface area contributed by atoms with Gasteiger partial charge in [0.2, 0.25) is 0 Å². The molecule has 2 N–H and O–H groups in total. The van der Waals surface area contributed by atoms with E-state index in [4.69, 9.17) is 14.5 Å². The minimum absolute atomic E-state index is 0.0210. The fourth-order valence-corrected chi connectivity index (χ4v) is 8.96. The van der Waals surface area contributed by atoms with Crippen LogP contribution in [0.2, 0.25) is 0 Å². The number of esters is 1. The second-order valence-corrected chi connectivity index (χ2v) is 17.3. The van der Waals surface area contributed by atoms with E-state index < -0.39 is 11.4 Å². The Bertz CT molecular complexity index is 2270. The van der Waals surface area contributed by atoms with Crippen LogP contribution in [0.3, 0.4) is 0 Å². The number of carboxylic acids is 1. The number of benzene rings is 3. The summed E-state index contributed by atoms with van der Waals surface area (Å²) >= 11 is 1.44. The zero-order valence-electron chi connectivity index (χ0n) is 34.1. The van der Waals surface area contributed by atoms with Crippen molar-refractivity contribution < 1.29 is 29.0 Å². The molecule has 1 saturated heterocycles. The van der Waals surface area contributed by atoms with Gasteiger partial charge in [-0.15, -0.1) is 0 Å². The van der Waals surface area contributed by atoms with E-state index in [-0.39, 0.29) is 23.7 Å². The van der Waals surface area contributed by atoms with E-state index in [9.17, 15) is 19.5 Å². The third-order valence-corrected chi connectivity index (χ3v) is 12.0. The number of carboxylic acid groups (broad SMARTS) is 1. The number of para-hydroxylation sites is 1. The first-order valence-electron chi connectivity index (χ1n) is 20.3. The highest BCUT2D eigenvalue weighted by atomic mass is 32.1. The van der Waals surface area contributed by atoms with Crippen molar-refractivity contribution in [1.82, 2.24) is 14.9 Å². The average Bonchev–Trinajstić information content (AvgIpc) is 3.61. The third-order valence-electron chi connectivity index (χ3n) is 11.1. The van der Waals surface area contributed by atoms with Gasteiger partial charge in [-0.05, 0) is 109 Å². The molecule has 0 aliphatic carbocycles. The molecule has 7 rings (SSSR count). The van der Waals surface area contributed by atoms with E-state index in [0.29, 0.717) is 61.3 Å².